The highest BCUT2D eigenvalue weighted by atomic mass is 16.5. The highest BCUT2D eigenvalue weighted by Crippen LogP contribution is 2.12. The highest BCUT2D eigenvalue weighted by molar-refractivity contribution is 5.20. The van der Waals surface area contributed by atoms with E-state index in [4.69, 9.17) is 10.5 Å². The van der Waals surface area contributed by atoms with Crippen LogP contribution in [0.3, 0.4) is 0 Å². The van der Waals surface area contributed by atoms with Crippen LogP contribution < -0.4 is 10.5 Å². The molecule has 0 bridgehead atoms. The van der Waals surface area contributed by atoms with Crippen molar-refractivity contribution in [3.05, 3.63) is 41.7 Å². The summed E-state index contributed by atoms with van der Waals surface area (Å²) in [6.45, 7) is 4.22. The summed E-state index contributed by atoms with van der Waals surface area (Å²) < 4.78 is 7.71. The third-order valence-corrected chi connectivity index (χ3v) is 3.40. The van der Waals surface area contributed by atoms with Crippen molar-refractivity contribution in [2.75, 3.05) is 6.61 Å². The van der Waals surface area contributed by atoms with Crippen molar-refractivity contribution >= 4 is 0 Å². The molecule has 5 nitrogen and oxygen atoms in total. The Morgan fingerprint density at radius 2 is 2.00 bits per heavy atom. The molecule has 114 valence electrons. The summed E-state index contributed by atoms with van der Waals surface area (Å²) in [5.41, 5.74) is 7.80. The fourth-order valence-electron chi connectivity index (χ4n) is 2.23. The lowest BCUT2D eigenvalue weighted by Crippen LogP contribution is -2.10. The zero-order chi connectivity index (χ0) is 14.9. The number of aryl methyl sites for hydroxylation is 1. The van der Waals surface area contributed by atoms with E-state index in [-0.39, 0.29) is 0 Å². The van der Waals surface area contributed by atoms with Crippen LogP contribution in [0.2, 0.25) is 0 Å². The first-order chi connectivity index (χ1) is 10.3. The molecule has 0 saturated heterocycles. The van der Waals surface area contributed by atoms with Crippen molar-refractivity contribution in [2.24, 2.45) is 5.73 Å². The lowest BCUT2D eigenvalue weighted by atomic mass is 10.2. The summed E-state index contributed by atoms with van der Waals surface area (Å²) in [5.74, 6) is 0.911. The van der Waals surface area contributed by atoms with Gasteiger partial charge in [0.15, 0.2) is 0 Å². The van der Waals surface area contributed by atoms with Crippen molar-refractivity contribution in [3.8, 4) is 5.75 Å². The molecule has 0 spiro atoms. The molecule has 0 amide bonds. The van der Waals surface area contributed by atoms with Gasteiger partial charge in [-0.1, -0.05) is 36.8 Å². The van der Waals surface area contributed by atoms with Crippen LogP contribution >= 0.6 is 0 Å². The number of unbranched alkanes of at least 4 members (excludes halogenated alkanes) is 1. The van der Waals surface area contributed by atoms with Crippen LogP contribution in [-0.4, -0.2) is 21.6 Å². The number of nitrogens with zero attached hydrogens (tertiary/aromatic N) is 3. The molecule has 2 aromatic rings. The van der Waals surface area contributed by atoms with E-state index in [0.29, 0.717) is 13.2 Å². The molecule has 2 N–H and O–H groups in total. The molecular weight excluding hydrogens is 264 g/mol. The van der Waals surface area contributed by atoms with E-state index in [9.17, 15) is 0 Å². The molecule has 5 heteroatoms. The van der Waals surface area contributed by atoms with E-state index in [0.717, 1.165) is 49.4 Å². The van der Waals surface area contributed by atoms with E-state index >= 15 is 0 Å². The van der Waals surface area contributed by atoms with Gasteiger partial charge in [-0.3, -0.25) is 0 Å². The third-order valence-electron chi connectivity index (χ3n) is 3.40. The van der Waals surface area contributed by atoms with Gasteiger partial charge in [0.05, 0.1) is 18.0 Å². The number of nitrogens with two attached hydrogens (primary N) is 1. The van der Waals surface area contributed by atoms with Gasteiger partial charge in [-0.2, -0.15) is 0 Å². The van der Waals surface area contributed by atoms with E-state index in [1.54, 1.807) is 0 Å². The largest absolute Gasteiger partial charge is 0.494 e. The van der Waals surface area contributed by atoms with Gasteiger partial charge in [0.1, 0.15) is 5.75 Å². The van der Waals surface area contributed by atoms with Gasteiger partial charge in [-0.15, -0.1) is 5.10 Å². The predicted octanol–water partition coefficient (Wildman–Crippen LogP) is 2.55. The molecule has 0 aliphatic rings. The standard InChI is InChI=1S/C16H24N4O/c1-2-3-11-20-16(15(13-17)18-19-20)10-7-12-21-14-8-5-4-6-9-14/h4-6,8-9H,2-3,7,10-13,17H2,1H3. The van der Waals surface area contributed by atoms with E-state index in [2.05, 4.69) is 17.2 Å². The van der Waals surface area contributed by atoms with Gasteiger partial charge >= 0.3 is 0 Å². The maximum absolute atomic E-state index is 5.74. The van der Waals surface area contributed by atoms with Crippen molar-refractivity contribution in [1.82, 2.24) is 15.0 Å². The molecule has 21 heavy (non-hydrogen) atoms. The van der Waals surface area contributed by atoms with Crippen molar-refractivity contribution < 1.29 is 4.74 Å². The first kappa shape index (κ1) is 15.5. The fraction of sp³-hybridized carbons (Fsp3) is 0.500. The maximum atomic E-state index is 5.74. The van der Waals surface area contributed by atoms with Crippen LogP contribution in [-0.2, 0) is 19.5 Å². The van der Waals surface area contributed by atoms with E-state index < -0.39 is 0 Å². The van der Waals surface area contributed by atoms with Gasteiger partial charge in [-0.05, 0) is 31.4 Å². The second-order valence-electron chi connectivity index (χ2n) is 5.03. The lowest BCUT2D eigenvalue weighted by Gasteiger charge is -2.08. The second kappa shape index (κ2) is 8.42. The summed E-state index contributed by atoms with van der Waals surface area (Å²) in [6, 6.07) is 9.88. The number of hydrogen-bond acceptors (Lipinski definition) is 4. The second-order valence-corrected chi connectivity index (χ2v) is 5.03. The third kappa shape index (κ3) is 4.56. The Labute approximate surface area is 126 Å². The molecule has 0 atom stereocenters. The molecule has 0 saturated carbocycles. The fourth-order valence-corrected chi connectivity index (χ4v) is 2.23. The summed E-state index contributed by atoms with van der Waals surface area (Å²) in [4.78, 5) is 0. The minimum atomic E-state index is 0.445. The van der Waals surface area contributed by atoms with E-state index in [1.165, 1.54) is 0 Å². The minimum Gasteiger partial charge on any atom is -0.494 e. The Kier molecular flexibility index (Phi) is 6.22. The van der Waals surface area contributed by atoms with Crippen LogP contribution in [0.25, 0.3) is 0 Å². The SMILES string of the molecule is CCCCn1nnc(CN)c1CCCOc1ccccc1. The summed E-state index contributed by atoms with van der Waals surface area (Å²) in [5, 5.41) is 8.38. The topological polar surface area (TPSA) is 66.0 Å². The van der Waals surface area contributed by atoms with Crippen LogP contribution in [0.1, 0.15) is 37.6 Å². The Balaban J connectivity index is 1.85. The van der Waals surface area contributed by atoms with Gasteiger partial charge in [0, 0.05) is 13.1 Å². The number of ether oxygens (including phenoxy) is 1. The quantitative estimate of drug-likeness (QED) is 0.720. The summed E-state index contributed by atoms with van der Waals surface area (Å²) >= 11 is 0. The Morgan fingerprint density at radius 3 is 2.71 bits per heavy atom. The molecule has 0 fully saturated rings. The molecule has 2 rings (SSSR count). The van der Waals surface area contributed by atoms with E-state index in [1.807, 2.05) is 35.0 Å². The Morgan fingerprint density at radius 1 is 1.19 bits per heavy atom. The summed E-state index contributed by atoms with van der Waals surface area (Å²) in [6.07, 6.45) is 4.09. The monoisotopic (exact) mass is 288 g/mol. The number of benzene rings is 1. The van der Waals surface area contributed by atoms with Gasteiger partial charge in [-0.25, -0.2) is 4.68 Å². The average molecular weight is 288 g/mol. The van der Waals surface area contributed by atoms with Crippen molar-refractivity contribution in [2.45, 2.75) is 45.7 Å². The molecule has 1 aromatic carbocycles. The Hall–Kier alpha value is -1.88. The van der Waals surface area contributed by atoms with Crippen molar-refractivity contribution in [1.29, 1.82) is 0 Å². The van der Waals surface area contributed by atoms with Gasteiger partial charge in [0.25, 0.3) is 0 Å². The summed E-state index contributed by atoms with van der Waals surface area (Å²) in [7, 11) is 0. The zero-order valence-corrected chi connectivity index (χ0v) is 12.7. The molecule has 1 aromatic heterocycles. The first-order valence-corrected chi connectivity index (χ1v) is 7.64. The van der Waals surface area contributed by atoms with Gasteiger partial charge in [0.2, 0.25) is 0 Å². The van der Waals surface area contributed by atoms with Crippen LogP contribution in [0.15, 0.2) is 30.3 Å². The average Bonchev–Trinajstić information content (AvgIpc) is 2.92. The smallest absolute Gasteiger partial charge is 0.119 e. The molecule has 0 unspecified atom stereocenters. The number of rotatable bonds is 9. The molecular formula is C16H24N4O. The molecule has 1 heterocycles. The number of hydrogen-bond donors (Lipinski definition) is 1. The molecule has 0 radical (unpaired) electrons. The lowest BCUT2D eigenvalue weighted by molar-refractivity contribution is 0.309. The van der Waals surface area contributed by atoms with Crippen LogP contribution in [0.4, 0.5) is 0 Å². The van der Waals surface area contributed by atoms with Crippen molar-refractivity contribution in [3.63, 3.8) is 0 Å². The number of aromatic nitrogens is 3. The maximum Gasteiger partial charge on any atom is 0.119 e. The molecule has 0 aliphatic carbocycles. The molecule has 0 aliphatic heterocycles. The van der Waals surface area contributed by atoms with Gasteiger partial charge < -0.3 is 10.5 Å². The predicted molar refractivity (Wildman–Crippen MR) is 83.1 cm³/mol. The minimum absolute atomic E-state index is 0.445. The van der Waals surface area contributed by atoms with Crippen LogP contribution in [0.5, 0.6) is 5.75 Å². The zero-order valence-electron chi connectivity index (χ0n) is 12.7. The normalized spacial score (nSPS) is 10.8. The Bertz CT molecular complexity index is 524. The first-order valence-electron chi connectivity index (χ1n) is 7.64. The highest BCUT2D eigenvalue weighted by Gasteiger charge is 2.11. The number of para-hydroxylation sites is 1. The van der Waals surface area contributed by atoms with Crippen LogP contribution in [0, 0.1) is 0 Å².